The average molecular weight is 320 g/mol. The maximum atomic E-state index is 8.96. The van der Waals surface area contributed by atoms with Crippen molar-refractivity contribution in [2.45, 2.75) is 39.5 Å². The number of rotatable bonds is 2. The monoisotopic (exact) mass is 319 g/mol. The van der Waals surface area contributed by atoms with Gasteiger partial charge in [0.2, 0.25) is 5.82 Å². The maximum absolute atomic E-state index is 8.96. The predicted molar refractivity (Wildman–Crippen MR) is 79.9 cm³/mol. The summed E-state index contributed by atoms with van der Waals surface area (Å²) < 4.78 is 0. The third kappa shape index (κ3) is 3.42. The fraction of sp³-hybridized carbons (Fsp3) is 0.533. The number of halogens is 1. The Kier molecular flexibility index (Phi) is 4.05. The molecule has 1 aliphatic rings. The van der Waals surface area contributed by atoms with E-state index in [4.69, 9.17) is 5.26 Å². The Morgan fingerprint density at radius 1 is 1.47 bits per heavy atom. The first-order chi connectivity index (χ1) is 8.93. The van der Waals surface area contributed by atoms with E-state index in [0.29, 0.717) is 5.92 Å². The minimum atomic E-state index is 0.245. The fourth-order valence-electron chi connectivity index (χ4n) is 2.59. The Morgan fingerprint density at radius 3 is 2.79 bits per heavy atom. The van der Waals surface area contributed by atoms with E-state index in [1.165, 1.54) is 5.57 Å². The van der Waals surface area contributed by atoms with E-state index in [1.54, 1.807) is 6.20 Å². The molecule has 1 atom stereocenters. The van der Waals surface area contributed by atoms with Crippen molar-refractivity contribution in [3.05, 3.63) is 28.9 Å². The SMILES string of the molecule is CC(C)(C)CC1CC(CBr)=Cc2cnc(C#N)nc21. The van der Waals surface area contributed by atoms with Crippen LogP contribution < -0.4 is 0 Å². The summed E-state index contributed by atoms with van der Waals surface area (Å²) in [6.07, 6.45) is 5.99. The number of nitrogens with zero attached hydrogens (tertiary/aromatic N) is 3. The molecule has 0 amide bonds. The van der Waals surface area contributed by atoms with Crippen molar-refractivity contribution >= 4 is 22.0 Å². The lowest BCUT2D eigenvalue weighted by Gasteiger charge is -2.29. The highest BCUT2D eigenvalue weighted by molar-refractivity contribution is 9.09. The van der Waals surface area contributed by atoms with Gasteiger partial charge in [-0.15, -0.1) is 0 Å². The van der Waals surface area contributed by atoms with Crippen LogP contribution in [0, 0.1) is 16.7 Å². The van der Waals surface area contributed by atoms with Gasteiger partial charge in [-0.1, -0.05) is 48.4 Å². The molecule has 0 aliphatic heterocycles. The molecule has 1 aliphatic carbocycles. The van der Waals surface area contributed by atoms with Crippen LogP contribution in [-0.2, 0) is 0 Å². The van der Waals surface area contributed by atoms with Crippen molar-refractivity contribution in [3.8, 4) is 6.07 Å². The number of nitriles is 1. The van der Waals surface area contributed by atoms with Gasteiger partial charge >= 0.3 is 0 Å². The molecule has 0 bridgehead atoms. The Bertz CT molecular complexity index is 549. The van der Waals surface area contributed by atoms with Crippen LogP contribution in [0.25, 0.3) is 6.08 Å². The van der Waals surface area contributed by atoms with Crippen molar-refractivity contribution in [1.82, 2.24) is 9.97 Å². The Hall–Kier alpha value is -1.21. The maximum Gasteiger partial charge on any atom is 0.232 e. The molecule has 1 aromatic rings. The zero-order valence-corrected chi connectivity index (χ0v) is 13.2. The Labute approximate surface area is 122 Å². The summed E-state index contributed by atoms with van der Waals surface area (Å²) in [5, 5.41) is 9.84. The van der Waals surface area contributed by atoms with Gasteiger partial charge in [-0.3, -0.25) is 0 Å². The first-order valence-electron chi connectivity index (χ1n) is 6.45. The molecule has 1 aromatic heterocycles. The minimum Gasteiger partial charge on any atom is -0.227 e. The summed E-state index contributed by atoms with van der Waals surface area (Å²) in [6, 6.07) is 2.03. The second-order valence-corrected chi connectivity index (χ2v) is 6.81. The zero-order chi connectivity index (χ0) is 14.0. The molecule has 0 fully saturated rings. The van der Waals surface area contributed by atoms with Crippen LogP contribution in [0.15, 0.2) is 11.8 Å². The predicted octanol–water partition coefficient (Wildman–Crippen LogP) is 4.05. The molecule has 0 spiro atoms. The average Bonchev–Trinajstić information content (AvgIpc) is 2.36. The summed E-state index contributed by atoms with van der Waals surface area (Å²) in [5.74, 6) is 0.649. The third-order valence-corrected chi connectivity index (χ3v) is 3.95. The summed E-state index contributed by atoms with van der Waals surface area (Å²) >= 11 is 3.54. The van der Waals surface area contributed by atoms with E-state index in [1.807, 2.05) is 6.07 Å². The van der Waals surface area contributed by atoms with Gasteiger partial charge < -0.3 is 0 Å². The molecule has 0 N–H and O–H groups in total. The van der Waals surface area contributed by atoms with Crippen molar-refractivity contribution in [2.75, 3.05) is 5.33 Å². The van der Waals surface area contributed by atoms with Crippen LogP contribution >= 0.6 is 15.9 Å². The van der Waals surface area contributed by atoms with Crippen molar-refractivity contribution in [2.24, 2.45) is 5.41 Å². The number of allylic oxidation sites excluding steroid dienone is 1. The summed E-state index contributed by atoms with van der Waals surface area (Å²) in [5.41, 5.74) is 3.71. The summed E-state index contributed by atoms with van der Waals surface area (Å²) in [4.78, 5) is 8.51. The second-order valence-electron chi connectivity index (χ2n) is 6.25. The molecular weight excluding hydrogens is 302 g/mol. The third-order valence-electron chi connectivity index (χ3n) is 3.23. The molecule has 1 heterocycles. The highest BCUT2D eigenvalue weighted by Gasteiger charge is 2.27. The van der Waals surface area contributed by atoms with E-state index in [-0.39, 0.29) is 11.2 Å². The first kappa shape index (κ1) is 14.2. The van der Waals surface area contributed by atoms with Gasteiger partial charge in [0.25, 0.3) is 0 Å². The number of hydrogen-bond donors (Lipinski definition) is 0. The van der Waals surface area contributed by atoms with Gasteiger partial charge in [0.15, 0.2) is 0 Å². The molecule has 19 heavy (non-hydrogen) atoms. The van der Waals surface area contributed by atoms with Crippen LogP contribution in [-0.4, -0.2) is 15.3 Å². The van der Waals surface area contributed by atoms with Crippen LogP contribution in [0.2, 0.25) is 0 Å². The topological polar surface area (TPSA) is 49.6 Å². The van der Waals surface area contributed by atoms with Gasteiger partial charge in [-0.2, -0.15) is 5.26 Å². The fourth-order valence-corrected chi connectivity index (χ4v) is 2.98. The lowest BCUT2D eigenvalue weighted by Crippen LogP contribution is -2.18. The van der Waals surface area contributed by atoms with Gasteiger partial charge in [-0.05, 0) is 18.3 Å². The lowest BCUT2D eigenvalue weighted by atomic mass is 9.77. The molecule has 0 aromatic carbocycles. The highest BCUT2D eigenvalue weighted by Crippen LogP contribution is 2.40. The zero-order valence-electron chi connectivity index (χ0n) is 11.6. The quantitative estimate of drug-likeness (QED) is 0.772. The minimum absolute atomic E-state index is 0.245. The Morgan fingerprint density at radius 2 is 2.21 bits per heavy atom. The van der Waals surface area contributed by atoms with Gasteiger partial charge in [0.05, 0.1) is 5.69 Å². The smallest absolute Gasteiger partial charge is 0.227 e. The van der Waals surface area contributed by atoms with E-state index in [9.17, 15) is 0 Å². The summed E-state index contributed by atoms with van der Waals surface area (Å²) in [7, 11) is 0. The van der Waals surface area contributed by atoms with Gasteiger partial charge in [0, 0.05) is 23.0 Å². The first-order valence-corrected chi connectivity index (χ1v) is 7.57. The molecule has 4 heteroatoms. The number of fused-ring (bicyclic) bond motifs is 1. The lowest BCUT2D eigenvalue weighted by molar-refractivity contribution is 0.333. The van der Waals surface area contributed by atoms with Crippen LogP contribution in [0.4, 0.5) is 0 Å². The second kappa shape index (κ2) is 5.42. The van der Waals surface area contributed by atoms with Gasteiger partial charge in [0.1, 0.15) is 6.07 Å². The Balaban J connectivity index is 2.43. The molecule has 0 saturated heterocycles. The van der Waals surface area contributed by atoms with Crippen molar-refractivity contribution in [1.29, 1.82) is 5.26 Å². The van der Waals surface area contributed by atoms with E-state index in [2.05, 4.69) is 52.7 Å². The summed E-state index contributed by atoms with van der Waals surface area (Å²) in [6.45, 7) is 6.72. The van der Waals surface area contributed by atoms with E-state index < -0.39 is 0 Å². The molecule has 100 valence electrons. The van der Waals surface area contributed by atoms with Crippen molar-refractivity contribution < 1.29 is 0 Å². The van der Waals surface area contributed by atoms with Crippen molar-refractivity contribution in [3.63, 3.8) is 0 Å². The molecule has 1 unspecified atom stereocenters. The molecule has 3 nitrogen and oxygen atoms in total. The van der Waals surface area contributed by atoms with Gasteiger partial charge in [-0.25, -0.2) is 9.97 Å². The molecular formula is C15H18BrN3. The number of alkyl halides is 1. The van der Waals surface area contributed by atoms with E-state index in [0.717, 1.165) is 29.4 Å². The standard InChI is InChI=1S/C15H18BrN3/c1-15(2,3)6-11-4-10(7-16)5-12-9-18-13(8-17)19-14(11)12/h5,9,11H,4,6-7H2,1-3H3. The van der Waals surface area contributed by atoms with Crippen LogP contribution in [0.1, 0.15) is 56.6 Å². The van der Waals surface area contributed by atoms with E-state index >= 15 is 0 Å². The van der Waals surface area contributed by atoms with Crippen LogP contribution in [0.3, 0.4) is 0 Å². The van der Waals surface area contributed by atoms with Crippen LogP contribution in [0.5, 0.6) is 0 Å². The largest absolute Gasteiger partial charge is 0.232 e. The number of aromatic nitrogens is 2. The molecule has 2 rings (SSSR count). The highest BCUT2D eigenvalue weighted by atomic mass is 79.9. The molecule has 0 saturated carbocycles. The molecule has 0 radical (unpaired) electrons. The number of hydrogen-bond acceptors (Lipinski definition) is 3. The normalized spacial score (nSPS) is 18.5.